The number of hydrogen-bond acceptors (Lipinski definition) is 1. The van der Waals surface area contributed by atoms with Gasteiger partial charge in [-0.1, -0.05) is 41.0 Å². The molecule has 0 aromatic rings. The molecule has 0 aromatic carbocycles. The highest BCUT2D eigenvalue weighted by atomic mass is 35.5. The molecule has 0 aliphatic carbocycles. The largest absolute Gasteiger partial charge is 0.389 e. The molecular weight excluding hydrogens is 232 g/mol. The quantitative estimate of drug-likeness (QED) is 0.611. The molecule has 17 heavy (non-hydrogen) atoms. The Morgan fingerprint density at radius 1 is 1.12 bits per heavy atom. The van der Waals surface area contributed by atoms with Crippen LogP contribution in [0.2, 0.25) is 0 Å². The van der Waals surface area contributed by atoms with Crippen LogP contribution in [0.1, 0.15) is 73.6 Å². The minimum Gasteiger partial charge on any atom is -0.389 e. The molecule has 0 aliphatic heterocycles. The number of rotatable bonds is 8. The van der Waals surface area contributed by atoms with Gasteiger partial charge in [0.1, 0.15) is 0 Å². The van der Waals surface area contributed by atoms with Crippen LogP contribution in [0, 0.1) is 11.3 Å². The monoisotopic (exact) mass is 262 g/mol. The van der Waals surface area contributed by atoms with Crippen LogP contribution in [0.5, 0.6) is 0 Å². The molecule has 0 saturated carbocycles. The molecule has 3 atom stereocenters. The van der Waals surface area contributed by atoms with Gasteiger partial charge in [0.05, 0.1) is 5.60 Å². The Morgan fingerprint density at radius 2 is 1.65 bits per heavy atom. The van der Waals surface area contributed by atoms with Crippen LogP contribution in [-0.4, -0.2) is 16.1 Å². The maximum absolute atomic E-state index is 11.1. The van der Waals surface area contributed by atoms with Gasteiger partial charge in [0.15, 0.2) is 0 Å². The number of aliphatic hydroxyl groups is 1. The van der Waals surface area contributed by atoms with E-state index in [1.807, 2.05) is 6.92 Å². The molecule has 0 radical (unpaired) electrons. The van der Waals surface area contributed by atoms with E-state index in [-0.39, 0.29) is 10.8 Å². The number of alkyl halides is 1. The van der Waals surface area contributed by atoms with E-state index in [0.717, 1.165) is 32.1 Å². The first kappa shape index (κ1) is 17.2. The van der Waals surface area contributed by atoms with E-state index >= 15 is 0 Å². The summed E-state index contributed by atoms with van der Waals surface area (Å²) in [6.45, 7) is 12.9. The molecule has 0 aliphatic rings. The minimum absolute atomic E-state index is 0.0298. The standard InChI is InChI=1S/C15H31ClO/c1-7-11-15(17,14(5,6)8-2)12(3)9-10-13(4)16/h12-13,17H,7-11H2,1-6H3. The number of hydrogen-bond donors (Lipinski definition) is 1. The van der Waals surface area contributed by atoms with Crippen molar-refractivity contribution in [3.8, 4) is 0 Å². The SMILES string of the molecule is CCCC(O)(C(C)CCC(C)Cl)C(C)(C)CC. The van der Waals surface area contributed by atoms with Gasteiger partial charge in [-0.2, -0.15) is 0 Å². The molecule has 0 amide bonds. The van der Waals surface area contributed by atoms with Gasteiger partial charge in [-0.15, -0.1) is 11.6 Å². The molecule has 2 heteroatoms. The second-order valence-corrected chi connectivity index (χ2v) is 6.92. The first-order chi connectivity index (χ1) is 7.71. The Balaban J connectivity index is 4.80. The Hall–Kier alpha value is 0.250. The highest BCUT2D eigenvalue weighted by Crippen LogP contribution is 2.44. The molecule has 0 aromatic heterocycles. The van der Waals surface area contributed by atoms with Crippen molar-refractivity contribution in [1.82, 2.24) is 0 Å². The molecule has 0 heterocycles. The molecule has 3 unspecified atom stereocenters. The van der Waals surface area contributed by atoms with Crippen LogP contribution in [0.15, 0.2) is 0 Å². The van der Waals surface area contributed by atoms with Crippen molar-refractivity contribution in [2.45, 2.75) is 84.6 Å². The van der Waals surface area contributed by atoms with Crippen LogP contribution in [0.3, 0.4) is 0 Å². The van der Waals surface area contributed by atoms with E-state index in [0.29, 0.717) is 5.92 Å². The summed E-state index contributed by atoms with van der Waals surface area (Å²) >= 11 is 6.02. The van der Waals surface area contributed by atoms with Crippen LogP contribution in [0.4, 0.5) is 0 Å². The molecule has 0 rings (SSSR count). The summed E-state index contributed by atoms with van der Waals surface area (Å²) in [7, 11) is 0. The average Bonchev–Trinajstić information content (AvgIpc) is 2.25. The number of halogens is 1. The maximum atomic E-state index is 11.1. The third-order valence-electron chi connectivity index (χ3n) is 4.50. The third-order valence-corrected chi connectivity index (χ3v) is 4.72. The third kappa shape index (κ3) is 4.44. The van der Waals surface area contributed by atoms with Crippen molar-refractivity contribution < 1.29 is 5.11 Å². The highest BCUT2D eigenvalue weighted by Gasteiger charge is 2.45. The van der Waals surface area contributed by atoms with Gasteiger partial charge < -0.3 is 5.11 Å². The van der Waals surface area contributed by atoms with Crippen LogP contribution >= 0.6 is 11.6 Å². The van der Waals surface area contributed by atoms with Gasteiger partial charge in [0.25, 0.3) is 0 Å². The lowest BCUT2D eigenvalue weighted by Crippen LogP contribution is -2.49. The summed E-state index contributed by atoms with van der Waals surface area (Å²) in [5.74, 6) is 0.304. The summed E-state index contributed by atoms with van der Waals surface area (Å²) in [4.78, 5) is 0. The van der Waals surface area contributed by atoms with E-state index < -0.39 is 5.60 Å². The summed E-state index contributed by atoms with van der Waals surface area (Å²) in [6.07, 6.45) is 4.90. The lowest BCUT2D eigenvalue weighted by molar-refractivity contribution is -0.118. The van der Waals surface area contributed by atoms with Crippen molar-refractivity contribution in [1.29, 1.82) is 0 Å². The second kappa shape index (κ2) is 6.99. The molecular formula is C15H31ClO. The van der Waals surface area contributed by atoms with E-state index in [1.165, 1.54) is 0 Å². The van der Waals surface area contributed by atoms with Gasteiger partial charge in [0.2, 0.25) is 0 Å². The molecule has 1 N–H and O–H groups in total. The van der Waals surface area contributed by atoms with E-state index in [9.17, 15) is 5.11 Å². The molecule has 0 fully saturated rings. The Bertz CT molecular complexity index is 213. The lowest BCUT2D eigenvalue weighted by atomic mass is 9.64. The zero-order valence-electron chi connectivity index (χ0n) is 12.5. The Labute approximate surface area is 113 Å². The minimum atomic E-state index is -0.567. The summed E-state index contributed by atoms with van der Waals surface area (Å²) < 4.78 is 0. The van der Waals surface area contributed by atoms with Crippen molar-refractivity contribution in [3.63, 3.8) is 0 Å². The molecule has 104 valence electrons. The fourth-order valence-electron chi connectivity index (χ4n) is 2.66. The van der Waals surface area contributed by atoms with Crippen molar-refractivity contribution in [3.05, 3.63) is 0 Å². The predicted molar refractivity (Wildman–Crippen MR) is 77.6 cm³/mol. The van der Waals surface area contributed by atoms with Gasteiger partial charge in [-0.25, -0.2) is 0 Å². The Kier molecular flexibility index (Phi) is 7.09. The van der Waals surface area contributed by atoms with E-state index in [4.69, 9.17) is 11.6 Å². The van der Waals surface area contributed by atoms with Crippen LogP contribution in [-0.2, 0) is 0 Å². The highest BCUT2D eigenvalue weighted by molar-refractivity contribution is 6.20. The normalized spacial score (nSPS) is 19.8. The summed E-state index contributed by atoms with van der Waals surface area (Å²) in [5, 5.41) is 11.3. The maximum Gasteiger partial charge on any atom is 0.0723 e. The lowest BCUT2D eigenvalue weighted by Gasteiger charge is -2.47. The molecule has 0 saturated heterocycles. The Morgan fingerprint density at radius 3 is 2.00 bits per heavy atom. The van der Waals surface area contributed by atoms with Gasteiger partial charge in [0, 0.05) is 5.38 Å². The zero-order chi connectivity index (χ0) is 13.7. The van der Waals surface area contributed by atoms with Gasteiger partial charge in [-0.05, 0) is 43.9 Å². The van der Waals surface area contributed by atoms with Gasteiger partial charge >= 0.3 is 0 Å². The summed E-state index contributed by atoms with van der Waals surface area (Å²) in [5.41, 5.74) is -0.597. The van der Waals surface area contributed by atoms with Crippen molar-refractivity contribution >= 4 is 11.6 Å². The van der Waals surface area contributed by atoms with Crippen molar-refractivity contribution in [2.75, 3.05) is 0 Å². The fourth-order valence-corrected chi connectivity index (χ4v) is 2.78. The first-order valence-electron chi connectivity index (χ1n) is 7.07. The van der Waals surface area contributed by atoms with Crippen LogP contribution in [0.25, 0.3) is 0 Å². The zero-order valence-corrected chi connectivity index (χ0v) is 13.3. The van der Waals surface area contributed by atoms with E-state index in [2.05, 4.69) is 34.6 Å². The van der Waals surface area contributed by atoms with Crippen molar-refractivity contribution in [2.24, 2.45) is 11.3 Å². The topological polar surface area (TPSA) is 20.2 Å². The smallest absolute Gasteiger partial charge is 0.0723 e. The van der Waals surface area contributed by atoms with Crippen LogP contribution < -0.4 is 0 Å². The first-order valence-corrected chi connectivity index (χ1v) is 7.51. The molecule has 1 nitrogen and oxygen atoms in total. The van der Waals surface area contributed by atoms with Gasteiger partial charge in [-0.3, -0.25) is 0 Å². The molecule has 0 bridgehead atoms. The average molecular weight is 263 g/mol. The molecule has 0 spiro atoms. The predicted octanol–water partition coefficient (Wildman–Crippen LogP) is 5.00. The van der Waals surface area contributed by atoms with E-state index in [1.54, 1.807) is 0 Å². The summed E-state index contributed by atoms with van der Waals surface area (Å²) in [6, 6.07) is 0. The second-order valence-electron chi connectivity index (χ2n) is 6.17. The fraction of sp³-hybridized carbons (Fsp3) is 1.00.